The molecule has 4 rings (SSSR count). The molecular weight excluding hydrogens is 426 g/mol. The van der Waals surface area contributed by atoms with Crippen LogP contribution < -0.4 is 4.90 Å². The zero-order chi connectivity index (χ0) is 21.8. The Morgan fingerprint density at radius 3 is 2.50 bits per heavy atom. The number of ether oxygens (including phenoxy) is 1. The number of carbonyl (C=O) groups is 2. The Kier molecular flexibility index (Phi) is 8.83. The second-order valence-electron chi connectivity index (χ2n) is 9.25. The first kappa shape index (κ1) is 24.8. The van der Waals surface area contributed by atoms with Crippen molar-refractivity contribution in [1.29, 1.82) is 0 Å². The van der Waals surface area contributed by atoms with Crippen molar-refractivity contribution in [3.8, 4) is 0 Å². The fraction of sp³-hybridized carbons (Fsp3) is 0.680. The molecule has 2 aliphatic heterocycles. The third-order valence-electron chi connectivity index (χ3n) is 7.46. The van der Waals surface area contributed by atoms with E-state index in [1.807, 2.05) is 4.90 Å². The third kappa shape index (κ3) is 5.40. The van der Waals surface area contributed by atoms with E-state index in [0.29, 0.717) is 25.4 Å². The number of benzene rings is 1. The molecule has 0 bridgehead atoms. The second-order valence-corrected chi connectivity index (χ2v) is 9.25. The van der Waals surface area contributed by atoms with Crippen LogP contribution in [0.15, 0.2) is 18.2 Å². The van der Waals surface area contributed by atoms with E-state index in [-0.39, 0.29) is 30.4 Å². The number of esters is 1. The highest BCUT2D eigenvalue weighted by Crippen LogP contribution is 2.34. The van der Waals surface area contributed by atoms with E-state index in [4.69, 9.17) is 4.74 Å². The van der Waals surface area contributed by atoms with Gasteiger partial charge in [0.15, 0.2) is 0 Å². The molecule has 1 atom stereocenters. The topological polar surface area (TPSA) is 53.1 Å². The van der Waals surface area contributed by atoms with Gasteiger partial charge in [-0.05, 0) is 61.9 Å². The molecule has 32 heavy (non-hydrogen) atoms. The van der Waals surface area contributed by atoms with Gasteiger partial charge < -0.3 is 14.5 Å². The van der Waals surface area contributed by atoms with Crippen molar-refractivity contribution in [2.75, 3.05) is 38.2 Å². The van der Waals surface area contributed by atoms with E-state index in [2.05, 4.69) is 34.9 Å². The standard InChI is InChI=1S/C25H37N3O3.ClH/c1-3-26-15-13-19-9-10-22(17-20(19)14-16-26)28-23(11-12-24(29)31-2)18-27(25(28)30)21-7-5-4-6-8-21;/h9-10,17,21,23H,3-8,11-16,18H2,1-2H3;1H. The lowest BCUT2D eigenvalue weighted by Gasteiger charge is -2.30. The zero-order valence-corrected chi connectivity index (χ0v) is 20.4. The van der Waals surface area contributed by atoms with E-state index >= 15 is 0 Å². The molecule has 2 heterocycles. The molecular formula is C25H38ClN3O3. The van der Waals surface area contributed by atoms with Gasteiger partial charge in [-0.1, -0.05) is 32.3 Å². The number of carbonyl (C=O) groups excluding carboxylic acids is 2. The highest BCUT2D eigenvalue weighted by atomic mass is 35.5. The van der Waals surface area contributed by atoms with Crippen LogP contribution in [0.25, 0.3) is 0 Å². The van der Waals surface area contributed by atoms with Crippen molar-refractivity contribution < 1.29 is 14.3 Å². The lowest BCUT2D eigenvalue weighted by Crippen LogP contribution is -2.40. The molecule has 7 heteroatoms. The predicted octanol–water partition coefficient (Wildman–Crippen LogP) is 4.43. The molecule has 6 nitrogen and oxygen atoms in total. The summed E-state index contributed by atoms with van der Waals surface area (Å²) in [6.45, 7) is 6.18. The van der Waals surface area contributed by atoms with Crippen molar-refractivity contribution in [3.05, 3.63) is 29.3 Å². The maximum absolute atomic E-state index is 13.6. The van der Waals surface area contributed by atoms with Gasteiger partial charge in [0.1, 0.15) is 0 Å². The highest BCUT2D eigenvalue weighted by Gasteiger charge is 2.41. The van der Waals surface area contributed by atoms with Crippen molar-refractivity contribution in [1.82, 2.24) is 9.80 Å². The van der Waals surface area contributed by atoms with Gasteiger partial charge in [-0.15, -0.1) is 12.4 Å². The molecule has 2 amide bonds. The van der Waals surface area contributed by atoms with Gasteiger partial charge in [-0.25, -0.2) is 4.79 Å². The van der Waals surface area contributed by atoms with Gasteiger partial charge in [0.2, 0.25) is 0 Å². The number of amides is 2. The maximum Gasteiger partial charge on any atom is 0.325 e. The monoisotopic (exact) mass is 463 g/mol. The number of halogens is 1. The number of hydrogen-bond acceptors (Lipinski definition) is 4. The SMILES string of the molecule is CCN1CCc2ccc(N3C(=O)N(C4CCCCC4)CC3CCC(=O)OC)cc2CC1.Cl. The van der Waals surface area contributed by atoms with E-state index in [0.717, 1.165) is 51.0 Å². The fourth-order valence-electron chi connectivity index (χ4n) is 5.53. The van der Waals surface area contributed by atoms with E-state index in [9.17, 15) is 9.59 Å². The average Bonchev–Trinajstić information content (AvgIpc) is 3.00. The first-order chi connectivity index (χ1) is 15.1. The van der Waals surface area contributed by atoms with Gasteiger partial charge in [0, 0.05) is 37.8 Å². The Morgan fingerprint density at radius 2 is 1.81 bits per heavy atom. The van der Waals surface area contributed by atoms with Crippen molar-refractivity contribution in [3.63, 3.8) is 0 Å². The summed E-state index contributed by atoms with van der Waals surface area (Å²) >= 11 is 0. The van der Waals surface area contributed by atoms with Gasteiger partial charge >= 0.3 is 12.0 Å². The Balaban J connectivity index is 0.00000289. The van der Waals surface area contributed by atoms with Crippen LogP contribution >= 0.6 is 12.4 Å². The van der Waals surface area contributed by atoms with E-state index < -0.39 is 0 Å². The van der Waals surface area contributed by atoms with Crippen LogP contribution in [0.4, 0.5) is 10.5 Å². The van der Waals surface area contributed by atoms with E-state index in [1.54, 1.807) is 0 Å². The average molecular weight is 464 g/mol. The number of anilines is 1. The lowest BCUT2D eigenvalue weighted by atomic mass is 9.94. The summed E-state index contributed by atoms with van der Waals surface area (Å²) in [6, 6.07) is 7.05. The molecule has 1 aromatic carbocycles. The van der Waals surface area contributed by atoms with Crippen molar-refractivity contribution in [2.24, 2.45) is 0 Å². The lowest BCUT2D eigenvalue weighted by molar-refractivity contribution is -0.140. The smallest absolute Gasteiger partial charge is 0.325 e. The highest BCUT2D eigenvalue weighted by molar-refractivity contribution is 5.95. The van der Waals surface area contributed by atoms with E-state index in [1.165, 1.54) is 37.5 Å². The first-order valence-corrected chi connectivity index (χ1v) is 12.1. The molecule has 1 saturated carbocycles. The number of nitrogens with zero attached hydrogens (tertiary/aromatic N) is 3. The minimum Gasteiger partial charge on any atom is -0.469 e. The summed E-state index contributed by atoms with van der Waals surface area (Å²) < 4.78 is 4.87. The Morgan fingerprint density at radius 1 is 1.09 bits per heavy atom. The molecule has 1 unspecified atom stereocenters. The number of rotatable bonds is 6. The number of fused-ring (bicyclic) bond motifs is 1. The quantitative estimate of drug-likeness (QED) is 0.586. The summed E-state index contributed by atoms with van der Waals surface area (Å²) in [5.74, 6) is -0.204. The molecule has 0 aromatic heterocycles. The van der Waals surface area contributed by atoms with Gasteiger partial charge in [-0.3, -0.25) is 9.69 Å². The van der Waals surface area contributed by atoms with Crippen LogP contribution in [-0.4, -0.2) is 67.2 Å². The molecule has 3 aliphatic rings. The van der Waals surface area contributed by atoms with Crippen LogP contribution in [0.5, 0.6) is 0 Å². The molecule has 1 saturated heterocycles. The number of methoxy groups -OCH3 is 1. The van der Waals surface area contributed by atoms with Crippen LogP contribution in [0.1, 0.15) is 63.0 Å². The summed E-state index contributed by atoms with van der Waals surface area (Å²) in [4.78, 5) is 32.0. The van der Waals surface area contributed by atoms with Crippen LogP contribution in [0.2, 0.25) is 0 Å². The Labute approximate surface area is 198 Å². The summed E-state index contributed by atoms with van der Waals surface area (Å²) in [5.41, 5.74) is 3.76. The maximum atomic E-state index is 13.6. The summed E-state index contributed by atoms with van der Waals surface area (Å²) in [5, 5.41) is 0. The van der Waals surface area contributed by atoms with Crippen molar-refractivity contribution in [2.45, 2.75) is 76.8 Å². The molecule has 0 radical (unpaired) electrons. The Bertz CT molecular complexity index is 797. The van der Waals surface area contributed by atoms with Crippen LogP contribution in [0.3, 0.4) is 0 Å². The van der Waals surface area contributed by atoms with Gasteiger partial charge in [0.25, 0.3) is 0 Å². The molecule has 0 N–H and O–H groups in total. The van der Waals surface area contributed by atoms with Gasteiger partial charge in [0.05, 0.1) is 13.2 Å². The largest absolute Gasteiger partial charge is 0.469 e. The molecule has 178 valence electrons. The van der Waals surface area contributed by atoms with Crippen LogP contribution in [-0.2, 0) is 22.4 Å². The van der Waals surface area contributed by atoms with Gasteiger partial charge in [-0.2, -0.15) is 0 Å². The number of likely N-dealkylation sites (N-methyl/N-ethyl adjacent to an activating group) is 1. The third-order valence-corrected chi connectivity index (χ3v) is 7.46. The predicted molar refractivity (Wildman–Crippen MR) is 130 cm³/mol. The van der Waals surface area contributed by atoms with Crippen molar-refractivity contribution >= 4 is 30.1 Å². The Hall–Kier alpha value is -1.79. The second kappa shape index (κ2) is 11.4. The molecule has 1 aliphatic carbocycles. The van der Waals surface area contributed by atoms with Crippen LogP contribution in [0, 0.1) is 0 Å². The minimum atomic E-state index is -0.204. The summed E-state index contributed by atoms with van der Waals surface area (Å²) in [6.07, 6.45) is 8.95. The number of urea groups is 1. The number of hydrogen-bond donors (Lipinski definition) is 0. The zero-order valence-electron chi connectivity index (χ0n) is 19.6. The first-order valence-electron chi connectivity index (χ1n) is 12.1. The normalized spacial score (nSPS) is 22.3. The summed E-state index contributed by atoms with van der Waals surface area (Å²) in [7, 11) is 1.43. The molecule has 1 aromatic rings. The molecule has 0 spiro atoms. The fourth-order valence-corrected chi connectivity index (χ4v) is 5.53. The molecule has 2 fully saturated rings. The minimum absolute atomic E-state index is 0.